The lowest BCUT2D eigenvalue weighted by molar-refractivity contribution is -0.0393. The van der Waals surface area contributed by atoms with Crippen molar-refractivity contribution < 1.29 is 13.9 Å². The van der Waals surface area contributed by atoms with E-state index in [1.807, 2.05) is 0 Å². The zero-order chi connectivity index (χ0) is 20.2. The van der Waals surface area contributed by atoms with E-state index in [-0.39, 0.29) is 27.8 Å². The third-order valence-corrected chi connectivity index (χ3v) is 6.59. The van der Waals surface area contributed by atoms with Crippen LogP contribution in [-0.4, -0.2) is 28.1 Å². The number of aryl methyl sites for hydroxylation is 1. The summed E-state index contributed by atoms with van der Waals surface area (Å²) in [7, 11) is 1.65. The molecule has 28 heavy (non-hydrogen) atoms. The predicted molar refractivity (Wildman–Crippen MR) is 112 cm³/mol. The van der Waals surface area contributed by atoms with Crippen LogP contribution in [0.5, 0.6) is 0 Å². The summed E-state index contributed by atoms with van der Waals surface area (Å²) in [4.78, 5) is 25.9. The molecule has 0 atom stereocenters. The van der Waals surface area contributed by atoms with E-state index in [0.29, 0.717) is 39.7 Å². The van der Waals surface area contributed by atoms with Gasteiger partial charge in [-0.15, -0.1) is 0 Å². The van der Waals surface area contributed by atoms with Crippen molar-refractivity contribution in [1.29, 1.82) is 0 Å². The highest BCUT2D eigenvalue weighted by atomic mass is 79.9. The van der Waals surface area contributed by atoms with Crippen LogP contribution in [0.15, 0.2) is 38.0 Å². The summed E-state index contributed by atoms with van der Waals surface area (Å²) in [6.07, 6.45) is 0. The number of fused-ring (bicyclic) bond motifs is 1. The van der Waals surface area contributed by atoms with Gasteiger partial charge in [-0.25, -0.2) is 9.18 Å². The molecule has 0 unspecified atom stereocenters. The monoisotopic (exact) mass is 530 g/mol. The number of ether oxygens (including phenoxy) is 1. The molecular formula is C19H14Br2ClFN2O3. The first-order chi connectivity index (χ1) is 13.3. The lowest BCUT2D eigenvalue weighted by Gasteiger charge is -2.26. The molecule has 0 saturated carbocycles. The van der Waals surface area contributed by atoms with Crippen molar-refractivity contribution in [3.05, 3.63) is 65.7 Å². The van der Waals surface area contributed by atoms with E-state index in [1.54, 1.807) is 17.7 Å². The van der Waals surface area contributed by atoms with Crippen LogP contribution in [0, 0.1) is 11.7 Å². The van der Waals surface area contributed by atoms with E-state index in [9.17, 15) is 14.0 Å². The van der Waals surface area contributed by atoms with Crippen LogP contribution in [-0.2, 0) is 18.3 Å². The number of carbonyl (C=O) groups excluding carboxylic acids is 1. The van der Waals surface area contributed by atoms with Crippen LogP contribution < -0.4 is 5.69 Å². The lowest BCUT2D eigenvalue weighted by atomic mass is 10.0. The molecule has 5 nitrogen and oxygen atoms in total. The Morgan fingerprint density at radius 3 is 2.68 bits per heavy atom. The van der Waals surface area contributed by atoms with Gasteiger partial charge >= 0.3 is 5.69 Å². The molecule has 0 radical (unpaired) electrons. The van der Waals surface area contributed by atoms with Gasteiger partial charge in [-0.1, -0.05) is 11.6 Å². The molecule has 4 rings (SSSR count). The van der Waals surface area contributed by atoms with Gasteiger partial charge in [0, 0.05) is 29.5 Å². The first-order valence-electron chi connectivity index (χ1n) is 8.44. The Morgan fingerprint density at radius 2 is 2.04 bits per heavy atom. The molecule has 2 aromatic carbocycles. The van der Waals surface area contributed by atoms with Gasteiger partial charge in [0.2, 0.25) is 0 Å². The van der Waals surface area contributed by atoms with Gasteiger partial charge in [0.25, 0.3) is 0 Å². The van der Waals surface area contributed by atoms with Crippen molar-refractivity contribution in [2.45, 2.75) is 6.54 Å². The van der Waals surface area contributed by atoms with Gasteiger partial charge in [-0.05, 0) is 56.1 Å². The van der Waals surface area contributed by atoms with E-state index < -0.39 is 11.6 Å². The number of carbonyl (C=O) groups is 1. The second-order valence-corrected chi connectivity index (χ2v) is 8.78. The average Bonchev–Trinajstić information content (AvgIpc) is 2.84. The number of imidazole rings is 1. The maximum absolute atomic E-state index is 13.7. The molecule has 2 heterocycles. The summed E-state index contributed by atoms with van der Waals surface area (Å²) in [6, 6.07) is 5.38. The van der Waals surface area contributed by atoms with Crippen LogP contribution in [0.1, 0.15) is 15.9 Å². The van der Waals surface area contributed by atoms with E-state index in [2.05, 4.69) is 31.9 Å². The molecule has 9 heteroatoms. The predicted octanol–water partition coefficient (Wildman–Crippen LogP) is 4.53. The molecule has 146 valence electrons. The SMILES string of the molecule is Cn1c(=O)n(CC2COC2)c2cc(Br)c(C(=O)c3cc(F)ccc3Cl)c(Br)c21. The van der Waals surface area contributed by atoms with Gasteiger partial charge < -0.3 is 4.74 Å². The standard InChI is InChI=1S/C19H14Br2ClFN2O3/c1-24-17-14(25(19(24)27)6-9-7-28-8-9)5-12(20)15(16(17)21)18(26)11-4-10(23)2-3-13(11)22/h2-5,9H,6-8H2,1H3. The second-order valence-electron chi connectivity index (χ2n) is 6.72. The van der Waals surface area contributed by atoms with E-state index in [0.717, 1.165) is 6.07 Å². The van der Waals surface area contributed by atoms with Crippen LogP contribution in [0.4, 0.5) is 4.39 Å². The summed E-state index contributed by atoms with van der Waals surface area (Å²) in [5, 5.41) is 0.154. The van der Waals surface area contributed by atoms with Gasteiger partial charge in [-0.2, -0.15) is 0 Å². The lowest BCUT2D eigenvalue weighted by Crippen LogP contribution is -2.35. The van der Waals surface area contributed by atoms with E-state index in [1.165, 1.54) is 16.7 Å². The Hall–Kier alpha value is -1.48. The van der Waals surface area contributed by atoms with Crippen molar-refractivity contribution in [3.63, 3.8) is 0 Å². The fourth-order valence-corrected chi connectivity index (χ4v) is 5.27. The Balaban J connectivity index is 1.91. The minimum atomic E-state index is -0.553. The highest BCUT2D eigenvalue weighted by molar-refractivity contribution is 9.11. The van der Waals surface area contributed by atoms with Crippen molar-refractivity contribution in [1.82, 2.24) is 9.13 Å². The van der Waals surface area contributed by atoms with Crippen molar-refractivity contribution in [2.75, 3.05) is 13.2 Å². The minimum Gasteiger partial charge on any atom is -0.381 e. The Bertz CT molecular complexity index is 1180. The highest BCUT2D eigenvalue weighted by Crippen LogP contribution is 2.36. The zero-order valence-corrected chi connectivity index (χ0v) is 18.6. The number of hydrogen-bond acceptors (Lipinski definition) is 3. The van der Waals surface area contributed by atoms with Crippen LogP contribution in [0.25, 0.3) is 11.0 Å². The Labute approximate surface area is 181 Å². The van der Waals surface area contributed by atoms with E-state index >= 15 is 0 Å². The molecule has 0 aliphatic carbocycles. The summed E-state index contributed by atoms with van der Waals surface area (Å²) in [5.74, 6) is -0.714. The topological polar surface area (TPSA) is 53.2 Å². The molecule has 0 N–H and O–H groups in total. The second kappa shape index (κ2) is 7.40. The van der Waals surface area contributed by atoms with Gasteiger partial charge in [-0.3, -0.25) is 13.9 Å². The molecular weight excluding hydrogens is 518 g/mol. The number of halogens is 4. The smallest absolute Gasteiger partial charge is 0.328 e. The Morgan fingerprint density at radius 1 is 1.32 bits per heavy atom. The molecule has 3 aromatic rings. The minimum absolute atomic E-state index is 0.0541. The van der Waals surface area contributed by atoms with Crippen LogP contribution in [0.3, 0.4) is 0 Å². The molecule has 1 aliphatic heterocycles. The number of nitrogens with zero attached hydrogens (tertiary/aromatic N) is 2. The summed E-state index contributed by atoms with van der Waals surface area (Å²) >= 11 is 13.0. The van der Waals surface area contributed by atoms with Crippen molar-refractivity contribution in [3.8, 4) is 0 Å². The molecule has 0 bridgehead atoms. The van der Waals surface area contributed by atoms with Crippen molar-refractivity contribution in [2.24, 2.45) is 13.0 Å². The summed E-state index contributed by atoms with van der Waals surface area (Å²) in [5.41, 5.74) is 1.44. The molecule has 1 aromatic heterocycles. The van der Waals surface area contributed by atoms with Gasteiger partial charge in [0.15, 0.2) is 5.78 Å². The Kier molecular flexibility index (Phi) is 5.24. The van der Waals surface area contributed by atoms with Gasteiger partial charge in [0.1, 0.15) is 5.82 Å². The summed E-state index contributed by atoms with van der Waals surface area (Å²) in [6.45, 7) is 1.79. The first-order valence-corrected chi connectivity index (χ1v) is 10.4. The third kappa shape index (κ3) is 3.16. The fraction of sp³-hybridized carbons (Fsp3) is 0.263. The van der Waals surface area contributed by atoms with Crippen molar-refractivity contribution >= 4 is 60.3 Å². The number of hydrogen-bond donors (Lipinski definition) is 0. The number of rotatable bonds is 4. The fourth-order valence-electron chi connectivity index (χ4n) is 3.34. The average molecular weight is 533 g/mol. The highest BCUT2D eigenvalue weighted by Gasteiger charge is 2.27. The number of aromatic nitrogens is 2. The quantitative estimate of drug-likeness (QED) is 0.464. The maximum atomic E-state index is 13.7. The van der Waals surface area contributed by atoms with Crippen LogP contribution in [0.2, 0.25) is 5.02 Å². The molecule has 0 spiro atoms. The zero-order valence-electron chi connectivity index (χ0n) is 14.6. The van der Waals surface area contributed by atoms with E-state index in [4.69, 9.17) is 16.3 Å². The molecule has 1 saturated heterocycles. The number of ketones is 1. The molecule has 1 fully saturated rings. The largest absolute Gasteiger partial charge is 0.381 e. The molecule has 0 amide bonds. The first kappa shape index (κ1) is 19.8. The maximum Gasteiger partial charge on any atom is 0.328 e. The molecule has 1 aliphatic rings. The summed E-state index contributed by atoms with van der Waals surface area (Å²) < 4.78 is 23.0. The number of benzene rings is 2. The van der Waals surface area contributed by atoms with Gasteiger partial charge in [0.05, 0.1) is 39.3 Å². The third-order valence-electron chi connectivity index (χ3n) is 4.86. The van der Waals surface area contributed by atoms with Crippen LogP contribution >= 0.6 is 43.5 Å². The normalized spacial score (nSPS) is 14.5.